The predicted molar refractivity (Wildman–Crippen MR) is 64.1 cm³/mol. The van der Waals surface area contributed by atoms with Crippen LogP contribution < -0.4 is 5.32 Å². The lowest BCUT2D eigenvalue weighted by atomic mass is 10.0. The van der Waals surface area contributed by atoms with Gasteiger partial charge >= 0.3 is 0 Å². The summed E-state index contributed by atoms with van der Waals surface area (Å²) < 4.78 is 13.4. The van der Waals surface area contributed by atoms with Crippen LogP contribution in [0.2, 0.25) is 0 Å². The molecule has 2 aromatic rings. The van der Waals surface area contributed by atoms with Gasteiger partial charge in [-0.1, -0.05) is 6.07 Å². The van der Waals surface area contributed by atoms with E-state index in [9.17, 15) is 4.39 Å². The van der Waals surface area contributed by atoms with Crippen molar-refractivity contribution in [2.45, 2.75) is 13.0 Å². The molecule has 0 aliphatic heterocycles. The van der Waals surface area contributed by atoms with Crippen LogP contribution in [0.4, 0.5) is 4.39 Å². The third-order valence-electron chi connectivity index (χ3n) is 2.59. The fourth-order valence-electron chi connectivity index (χ4n) is 1.89. The highest BCUT2D eigenvalue weighted by Crippen LogP contribution is 2.21. The van der Waals surface area contributed by atoms with Crippen LogP contribution >= 0.6 is 0 Å². The summed E-state index contributed by atoms with van der Waals surface area (Å²) in [5.41, 5.74) is 2.59. The minimum atomic E-state index is -0.227. The molecular weight excluding hydrogens is 217 g/mol. The second-order valence-corrected chi connectivity index (χ2v) is 3.92. The second-order valence-electron chi connectivity index (χ2n) is 3.92. The monoisotopic (exact) mass is 231 g/mol. The first-order valence-corrected chi connectivity index (χ1v) is 5.41. The highest BCUT2D eigenvalue weighted by molar-refractivity contribution is 5.31. The first-order valence-electron chi connectivity index (χ1n) is 5.41. The number of rotatable bonds is 3. The van der Waals surface area contributed by atoms with Gasteiger partial charge in [-0.15, -0.1) is 0 Å². The number of hydrogen-bond donors (Lipinski definition) is 1. The molecule has 2 rings (SSSR count). The molecule has 1 atom stereocenters. The van der Waals surface area contributed by atoms with Crippen molar-refractivity contribution in [2.24, 2.45) is 0 Å². The van der Waals surface area contributed by atoms with Crippen LogP contribution in [0.1, 0.15) is 22.9 Å². The minimum absolute atomic E-state index is 0.118. The Morgan fingerprint density at radius 3 is 2.71 bits per heavy atom. The molecule has 3 nitrogen and oxygen atoms in total. The number of nitrogens with one attached hydrogen (secondary N) is 1. The van der Waals surface area contributed by atoms with Crippen molar-refractivity contribution >= 4 is 0 Å². The van der Waals surface area contributed by atoms with Crippen molar-refractivity contribution < 1.29 is 4.39 Å². The average molecular weight is 231 g/mol. The standard InChI is InChI=1S/C13H14FN3/c1-9-5-10(7-11(14)6-9)13(15-2)12-3-4-16-8-17-12/h3-8,13,15H,1-2H3. The van der Waals surface area contributed by atoms with E-state index in [1.165, 1.54) is 18.5 Å². The summed E-state index contributed by atoms with van der Waals surface area (Å²) in [6, 6.07) is 6.69. The number of hydrogen-bond acceptors (Lipinski definition) is 3. The maximum Gasteiger partial charge on any atom is 0.123 e. The molecule has 0 radical (unpaired) electrons. The Hall–Kier alpha value is -1.81. The van der Waals surface area contributed by atoms with Crippen LogP contribution in [0.3, 0.4) is 0 Å². The molecule has 88 valence electrons. The Kier molecular flexibility index (Phi) is 3.44. The Bertz CT molecular complexity index is 479. The average Bonchev–Trinajstić information content (AvgIpc) is 2.30. The number of nitrogens with zero attached hydrogens (tertiary/aromatic N) is 2. The third kappa shape index (κ3) is 2.65. The van der Waals surface area contributed by atoms with Gasteiger partial charge in [-0.25, -0.2) is 14.4 Å². The van der Waals surface area contributed by atoms with E-state index in [2.05, 4.69) is 15.3 Å². The Balaban J connectivity index is 2.42. The minimum Gasteiger partial charge on any atom is -0.308 e. The predicted octanol–water partition coefficient (Wildman–Crippen LogP) is 2.23. The van der Waals surface area contributed by atoms with E-state index in [-0.39, 0.29) is 11.9 Å². The van der Waals surface area contributed by atoms with Crippen molar-refractivity contribution in [3.05, 3.63) is 59.4 Å². The lowest BCUT2D eigenvalue weighted by molar-refractivity contribution is 0.612. The highest BCUT2D eigenvalue weighted by atomic mass is 19.1. The summed E-state index contributed by atoms with van der Waals surface area (Å²) in [5, 5.41) is 3.13. The van der Waals surface area contributed by atoms with Gasteiger partial charge in [0.25, 0.3) is 0 Å². The summed E-state index contributed by atoms with van der Waals surface area (Å²) in [6.45, 7) is 1.87. The Labute approximate surface area is 99.7 Å². The van der Waals surface area contributed by atoms with Gasteiger partial charge in [-0.2, -0.15) is 0 Å². The maximum absolute atomic E-state index is 13.4. The number of aryl methyl sites for hydroxylation is 1. The lowest BCUT2D eigenvalue weighted by Crippen LogP contribution is -2.19. The largest absolute Gasteiger partial charge is 0.308 e. The van der Waals surface area contributed by atoms with Crippen molar-refractivity contribution in [2.75, 3.05) is 7.05 Å². The molecule has 0 saturated heterocycles. The molecule has 0 fully saturated rings. The van der Waals surface area contributed by atoms with Crippen LogP contribution in [-0.2, 0) is 0 Å². The first-order chi connectivity index (χ1) is 8.20. The first kappa shape index (κ1) is 11.7. The molecule has 17 heavy (non-hydrogen) atoms. The summed E-state index contributed by atoms with van der Waals surface area (Å²) >= 11 is 0. The van der Waals surface area contributed by atoms with Crippen LogP contribution in [0.5, 0.6) is 0 Å². The van der Waals surface area contributed by atoms with Crippen LogP contribution in [0.15, 0.2) is 36.8 Å². The van der Waals surface area contributed by atoms with Gasteiger partial charge in [-0.3, -0.25) is 0 Å². The van der Waals surface area contributed by atoms with Crippen molar-refractivity contribution in [3.8, 4) is 0 Å². The maximum atomic E-state index is 13.4. The Morgan fingerprint density at radius 2 is 2.12 bits per heavy atom. The molecule has 0 aliphatic rings. The van der Waals surface area contributed by atoms with E-state index in [0.29, 0.717) is 0 Å². The highest BCUT2D eigenvalue weighted by Gasteiger charge is 2.14. The van der Waals surface area contributed by atoms with E-state index >= 15 is 0 Å². The zero-order valence-corrected chi connectivity index (χ0v) is 9.81. The fourth-order valence-corrected chi connectivity index (χ4v) is 1.89. The van der Waals surface area contributed by atoms with Crippen molar-refractivity contribution in [1.82, 2.24) is 15.3 Å². The van der Waals surface area contributed by atoms with Crippen molar-refractivity contribution in [1.29, 1.82) is 0 Å². The molecule has 0 amide bonds. The molecule has 1 unspecified atom stereocenters. The topological polar surface area (TPSA) is 37.8 Å². The van der Waals surface area contributed by atoms with E-state index in [0.717, 1.165) is 16.8 Å². The van der Waals surface area contributed by atoms with Gasteiger partial charge in [0.15, 0.2) is 0 Å². The van der Waals surface area contributed by atoms with Gasteiger partial charge in [-0.05, 0) is 43.3 Å². The molecule has 0 aliphatic carbocycles. The summed E-state index contributed by atoms with van der Waals surface area (Å²) in [6.07, 6.45) is 3.17. The van der Waals surface area contributed by atoms with Crippen molar-refractivity contribution in [3.63, 3.8) is 0 Å². The third-order valence-corrected chi connectivity index (χ3v) is 2.59. The summed E-state index contributed by atoms with van der Waals surface area (Å²) in [4.78, 5) is 8.07. The van der Waals surface area contributed by atoms with Crippen LogP contribution in [0, 0.1) is 12.7 Å². The molecule has 1 aromatic carbocycles. The SMILES string of the molecule is CNC(c1cc(C)cc(F)c1)c1ccncn1. The van der Waals surface area contributed by atoms with Crippen LogP contribution in [-0.4, -0.2) is 17.0 Å². The molecule has 0 saturated carbocycles. The fraction of sp³-hybridized carbons (Fsp3) is 0.231. The van der Waals surface area contributed by atoms with Gasteiger partial charge in [0.1, 0.15) is 12.1 Å². The zero-order chi connectivity index (χ0) is 12.3. The van der Waals surface area contributed by atoms with E-state index in [1.807, 2.05) is 26.1 Å². The van der Waals surface area contributed by atoms with Gasteiger partial charge in [0.2, 0.25) is 0 Å². The molecular formula is C13H14FN3. The molecule has 0 bridgehead atoms. The van der Waals surface area contributed by atoms with E-state index < -0.39 is 0 Å². The number of aromatic nitrogens is 2. The smallest absolute Gasteiger partial charge is 0.123 e. The van der Waals surface area contributed by atoms with Gasteiger partial charge < -0.3 is 5.32 Å². The van der Waals surface area contributed by atoms with E-state index in [4.69, 9.17) is 0 Å². The lowest BCUT2D eigenvalue weighted by Gasteiger charge is -2.16. The van der Waals surface area contributed by atoms with Gasteiger partial charge in [0.05, 0.1) is 11.7 Å². The molecule has 4 heteroatoms. The molecule has 1 aromatic heterocycles. The second kappa shape index (κ2) is 5.01. The molecule has 1 heterocycles. The quantitative estimate of drug-likeness (QED) is 0.880. The van der Waals surface area contributed by atoms with Gasteiger partial charge in [0, 0.05) is 6.20 Å². The normalized spacial score (nSPS) is 12.4. The van der Waals surface area contributed by atoms with Crippen LogP contribution in [0.25, 0.3) is 0 Å². The summed E-state index contributed by atoms with van der Waals surface area (Å²) in [5.74, 6) is -0.227. The summed E-state index contributed by atoms with van der Waals surface area (Å²) in [7, 11) is 1.83. The number of halogens is 1. The molecule has 1 N–H and O–H groups in total. The zero-order valence-electron chi connectivity index (χ0n) is 9.81. The Morgan fingerprint density at radius 1 is 1.29 bits per heavy atom. The number of benzene rings is 1. The van der Waals surface area contributed by atoms with E-state index in [1.54, 1.807) is 6.20 Å². The molecule has 0 spiro atoms.